The molecule has 0 saturated heterocycles. The fourth-order valence-corrected chi connectivity index (χ4v) is 1.92. The van der Waals surface area contributed by atoms with E-state index in [0.29, 0.717) is 24.0 Å². The Bertz CT molecular complexity index is 558. The Balaban J connectivity index is 2.66. The number of phenolic OH excluding ortho intramolecular Hbond substituents is 2. The second-order valence-electron chi connectivity index (χ2n) is 3.58. The van der Waals surface area contributed by atoms with E-state index in [1.807, 2.05) is 12.1 Å². The van der Waals surface area contributed by atoms with Crippen LogP contribution in [0.1, 0.15) is 17.5 Å². The highest BCUT2D eigenvalue weighted by molar-refractivity contribution is 5.81. The predicted octanol–water partition coefficient (Wildman–Crippen LogP) is 1.84. The summed E-state index contributed by atoms with van der Waals surface area (Å²) in [5.41, 5.74) is 2.26. The minimum absolute atomic E-state index is 0.0730. The molecule has 1 aromatic carbocycles. The van der Waals surface area contributed by atoms with Crippen LogP contribution in [0.2, 0.25) is 0 Å². The molecule has 0 heterocycles. The molecule has 1 aromatic rings. The molecule has 1 aliphatic rings. The molecular weight excluding hydrogens is 204 g/mol. The van der Waals surface area contributed by atoms with E-state index in [-0.39, 0.29) is 17.1 Å². The van der Waals surface area contributed by atoms with Crippen LogP contribution in [-0.2, 0) is 6.42 Å². The maximum atomic E-state index is 9.39. The van der Waals surface area contributed by atoms with Gasteiger partial charge in [-0.05, 0) is 41.7 Å². The van der Waals surface area contributed by atoms with Crippen molar-refractivity contribution in [1.29, 1.82) is 10.5 Å². The van der Waals surface area contributed by atoms with Gasteiger partial charge in [0.05, 0.1) is 0 Å². The van der Waals surface area contributed by atoms with Gasteiger partial charge in [0.2, 0.25) is 0 Å². The molecule has 16 heavy (non-hydrogen) atoms. The summed E-state index contributed by atoms with van der Waals surface area (Å²) in [5, 5.41) is 36.3. The van der Waals surface area contributed by atoms with Crippen molar-refractivity contribution in [3.05, 3.63) is 28.8 Å². The largest absolute Gasteiger partial charge is 0.504 e. The highest BCUT2D eigenvalue weighted by Gasteiger charge is 2.21. The molecule has 0 fully saturated rings. The van der Waals surface area contributed by atoms with Crippen LogP contribution in [0.3, 0.4) is 0 Å². The summed E-state index contributed by atoms with van der Waals surface area (Å²) in [4.78, 5) is 0. The zero-order valence-corrected chi connectivity index (χ0v) is 8.36. The Morgan fingerprint density at radius 2 is 1.69 bits per heavy atom. The van der Waals surface area contributed by atoms with Gasteiger partial charge in [0.15, 0.2) is 11.5 Å². The van der Waals surface area contributed by atoms with Crippen LogP contribution in [-0.4, -0.2) is 10.2 Å². The third kappa shape index (κ3) is 1.37. The number of phenols is 2. The van der Waals surface area contributed by atoms with Gasteiger partial charge in [-0.1, -0.05) is 0 Å². The Hall–Kier alpha value is -2.46. The molecule has 0 spiro atoms. The fourth-order valence-electron chi connectivity index (χ4n) is 1.92. The number of hydrogen-bond donors (Lipinski definition) is 2. The Kier molecular flexibility index (Phi) is 2.27. The van der Waals surface area contributed by atoms with E-state index in [2.05, 4.69) is 0 Å². The summed E-state index contributed by atoms with van der Waals surface area (Å²) in [6.45, 7) is 0. The summed E-state index contributed by atoms with van der Waals surface area (Å²) in [5.74, 6) is -0.399. The van der Waals surface area contributed by atoms with E-state index < -0.39 is 0 Å². The van der Waals surface area contributed by atoms with E-state index in [9.17, 15) is 10.2 Å². The lowest BCUT2D eigenvalue weighted by Crippen LogP contribution is -1.85. The number of allylic oxidation sites excluding steroid dienone is 2. The first-order valence-electron chi connectivity index (χ1n) is 4.76. The highest BCUT2D eigenvalue weighted by Crippen LogP contribution is 2.40. The number of fused-ring (bicyclic) bond motifs is 1. The third-order valence-electron chi connectivity index (χ3n) is 2.70. The van der Waals surface area contributed by atoms with Crippen molar-refractivity contribution in [3.8, 4) is 23.6 Å². The third-order valence-corrected chi connectivity index (χ3v) is 2.70. The molecule has 0 saturated carbocycles. The monoisotopic (exact) mass is 212 g/mol. The minimum Gasteiger partial charge on any atom is -0.504 e. The standard InChI is InChI=1S/C12H8N2O2/c13-5-8(6-14)9-2-1-7-3-11(15)12(16)4-10(7)9/h3-4,15-16H,1-2H2. The summed E-state index contributed by atoms with van der Waals surface area (Å²) in [6, 6.07) is 6.57. The summed E-state index contributed by atoms with van der Waals surface area (Å²) < 4.78 is 0. The Morgan fingerprint density at radius 1 is 1.06 bits per heavy atom. The first-order chi connectivity index (χ1) is 7.67. The molecule has 2 N–H and O–H groups in total. The van der Waals surface area contributed by atoms with Crippen LogP contribution in [0, 0.1) is 22.7 Å². The lowest BCUT2D eigenvalue weighted by Gasteiger charge is -2.03. The van der Waals surface area contributed by atoms with Gasteiger partial charge < -0.3 is 10.2 Å². The molecule has 4 heteroatoms. The summed E-state index contributed by atoms with van der Waals surface area (Å²) in [7, 11) is 0. The average molecular weight is 212 g/mol. The van der Waals surface area contributed by atoms with Crippen molar-refractivity contribution in [2.24, 2.45) is 0 Å². The van der Waals surface area contributed by atoms with Crippen LogP contribution in [0.4, 0.5) is 0 Å². The number of aromatic hydroxyl groups is 2. The van der Waals surface area contributed by atoms with Crippen LogP contribution in [0.5, 0.6) is 11.5 Å². The molecule has 0 amide bonds. The maximum Gasteiger partial charge on any atom is 0.158 e. The second kappa shape index (κ2) is 3.60. The topological polar surface area (TPSA) is 88.0 Å². The number of hydrogen-bond acceptors (Lipinski definition) is 4. The van der Waals surface area contributed by atoms with Gasteiger partial charge in [0, 0.05) is 0 Å². The van der Waals surface area contributed by atoms with E-state index in [0.717, 1.165) is 5.56 Å². The van der Waals surface area contributed by atoms with Crippen LogP contribution in [0.15, 0.2) is 17.7 Å². The molecule has 0 bridgehead atoms. The van der Waals surface area contributed by atoms with Gasteiger partial charge in [-0.2, -0.15) is 10.5 Å². The number of nitriles is 2. The fraction of sp³-hybridized carbons (Fsp3) is 0.167. The zero-order chi connectivity index (χ0) is 11.7. The smallest absolute Gasteiger partial charge is 0.158 e. The van der Waals surface area contributed by atoms with Crippen LogP contribution >= 0.6 is 0 Å². The Morgan fingerprint density at radius 3 is 2.31 bits per heavy atom. The average Bonchev–Trinajstić information content (AvgIpc) is 2.65. The number of nitrogens with zero attached hydrogens (tertiary/aromatic N) is 2. The van der Waals surface area contributed by atoms with Gasteiger partial charge >= 0.3 is 0 Å². The molecule has 0 aromatic heterocycles. The predicted molar refractivity (Wildman–Crippen MR) is 56.2 cm³/mol. The summed E-state index contributed by atoms with van der Waals surface area (Å²) in [6.07, 6.45) is 1.26. The van der Waals surface area contributed by atoms with Gasteiger partial charge in [-0.3, -0.25) is 0 Å². The van der Waals surface area contributed by atoms with Crippen molar-refractivity contribution in [2.45, 2.75) is 12.8 Å². The lowest BCUT2D eigenvalue weighted by atomic mass is 10.0. The quantitative estimate of drug-likeness (QED) is 0.507. The van der Waals surface area contributed by atoms with Crippen LogP contribution in [0.25, 0.3) is 5.57 Å². The van der Waals surface area contributed by atoms with Crippen molar-refractivity contribution in [2.75, 3.05) is 0 Å². The van der Waals surface area contributed by atoms with Crippen molar-refractivity contribution in [3.63, 3.8) is 0 Å². The molecule has 4 nitrogen and oxygen atoms in total. The van der Waals surface area contributed by atoms with Crippen molar-refractivity contribution < 1.29 is 10.2 Å². The van der Waals surface area contributed by atoms with Crippen LogP contribution < -0.4 is 0 Å². The minimum atomic E-state index is -0.228. The van der Waals surface area contributed by atoms with E-state index in [4.69, 9.17) is 10.5 Å². The molecule has 0 aliphatic heterocycles. The normalized spacial score (nSPS) is 12.8. The number of aryl methyl sites for hydroxylation is 1. The van der Waals surface area contributed by atoms with Gasteiger partial charge in [-0.15, -0.1) is 0 Å². The first-order valence-corrected chi connectivity index (χ1v) is 4.76. The molecule has 78 valence electrons. The van der Waals surface area contributed by atoms with Gasteiger partial charge in [-0.25, -0.2) is 0 Å². The highest BCUT2D eigenvalue weighted by atomic mass is 16.3. The maximum absolute atomic E-state index is 9.39. The van der Waals surface area contributed by atoms with Crippen molar-refractivity contribution >= 4 is 5.57 Å². The molecule has 1 aliphatic carbocycles. The van der Waals surface area contributed by atoms with Crippen molar-refractivity contribution in [1.82, 2.24) is 0 Å². The van der Waals surface area contributed by atoms with E-state index >= 15 is 0 Å². The molecule has 2 rings (SSSR count). The number of benzene rings is 1. The summed E-state index contributed by atoms with van der Waals surface area (Å²) >= 11 is 0. The van der Waals surface area contributed by atoms with E-state index in [1.54, 1.807) is 0 Å². The molecular formula is C12H8N2O2. The SMILES string of the molecule is N#CC(C#N)=C1CCc2cc(O)c(O)cc21. The van der Waals surface area contributed by atoms with Gasteiger partial charge in [0.25, 0.3) is 0 Å². The van der Waals surface area contributed by atoms with E-state index in [1.165, 1.54) is 12.1 Å². The first kappa shape index (κ1) is 10.1. The Labute approximate surface area is 92.3 Å². The zero-order valence-electron chi connectivity index (χ0n) is 8.36. The molecule has 0 radical (unpaired) electrons. The molecule has 0 unspecified atom stereocenters. The lowest BCUT2D eigenvalue weighted by molar-refractivity contribution is 0.403. The van der Waals surface area contributed by atoms with Gasteiger partial charge in [0.1, 0.15) is 17.7 Å². The second-order valence-corrected chi connectivity index (χ2v) is 3.58. The number of rotatable bonds is 0. The molecule has 0 atom stereocenters.